The Morgan fingerprint density at radius 2 is 1.70 bits per heavy atom. The Labute approximate surface area is 150 Å². The minimum absolute atomic E-state index is 0.0114. The normalized spacial score (nSPS) is 16.9. The van der Waals surface area contributed by atoms with Crippen molar-refractivity contribution in [1.29, 1.82) is 0 Å². The van der Waals surface area contributed by atoms with Gasteiger partial charge in [0.1, 0.15) is 0 Å². The van der Waals surface area contributed by atoms with E-state index >= 15 is 0 Å². The van der Waals surface area contributed by atoms with Crippen LogP contribution in [0.25, 0.3) is 10.9 Å². The number of aromatic amines is 1. The zero-order valence-electron chi connectivity index (χ0n) is 14.0. The van der Waals surface area contributed by atoms with Crippen molar-refractivity contribution in [3.05, 3.63) is 35.0 Å². The van der Waals surface area contributed by atoms with Gasteiger partial charge in [0.15, 0.2) is 0 Å². The average molecular weight is 393 g/mol. The number of amides is 1. The molecule has 4 nitrogen and oxygen atoms in total. The number of H-pyrrole nitrogens is 1. The quantitative estimate of drug-likeness (QED) is 0.765. The van der Waals surface area contributed by atoms with Crippen molar-refractivity contribution in [2.45, 2.75) is 37.7 Å². The van der Waals surface area contributed by atoms with Gasteiger partial charge in [-0.25, -0.2) is 0 Å². The zero-order chi connectivity index (χ0) is 20.0. The molecule has 27 heavy (non-hydrogen) atoms. The third-order valence-electron chi connectivity index (χ3n) is 4.66. The first-order chi connectivity index (χ1) is 12.4. The Hall–Kier alpha value is -2.23. The molecule has 0 saturated carbocycles. The minimum atomic E-state index is -4.95. The fourth-order valence-electron chi connectivity index (χ4n) is 3.21. The van der Waals surface area contributed by atoms with E-state index < -0.39 is 23.5 Å². The minimum Gasteiger partial charge on any atom is -0.358 e. The molecule has 1 aromatic heterocycles. The van der Waals surface area contributed by atoms with Gasteiger partial charge in [-0.2, -0.15) is 26.3 Å². The van der Waals surface area contributed by atoms with Gasteiger partial charge in [0, 0.05) is 35.7 Å². The summed E-state index contributed by atoms with van der Waals surface area (Å²) in [7, 11) is 0. The van der Waals surface area contributed by atoms with Gasteiger partial charge < -0.3 is 15.6 Å². The van der Waals surface area contributed by atoms with Crippen LogP contribution in [0.2, 0.25) is 0 Å². The summed E-state index contributed by atoms with van der Waals surface area (Å²) in [6, 6.07) is 1.82. The lowest BCUT2D eigenvalue weighted by molar-refractivity contribution is -0.142. The number of benzene rings is 1. The van der Waals surface area contributed by atoms with Crippen LogP contribution < -0.4 is 5.73 Å². The molecular formula is C17H17F6N3O. The number of aromatic nitrogens is 1. The number of hydrogen-bond acceptors (Lipinski definition) is 2. The molecule has 1 saturated heterocycles. The smallest absolute Gasteiger partial charge is 0.358 e. The van der Waals surface area contributed by atoms with Crippen LogP contribution in [-0.2, 0) is 23.6 Å². The second-order valence-corrected chi connectivity index (χ2v) is 6.67. The maximum Gasteiger partial charge on any atom is 0.417 e. The van der Waals surface area contributed by atoms with Crippen LogP contribution in [0, 0.1) is 0 Å². The van der Waals surface area contributed by atoms with Gasteiger partial charge in [-0.05, 0) is 31.0 Å². The Kier molecular flexibility index (Phi) is 4.87. The fraction of sp³-hybridized carbons (Fsp3) is 0.471. The highest BCUT2D eigenvalue weighted by Gasteiger charge is 2.38. The molecule has 3 rings (SSSR count). The fourth-order valence-corrected chi connectivity index (χ4v) is 3.21. The van der Waals surface area contributed by atoms with Crippen LogP contribution in [-0.4, -0.2) is 34.9 Å². The van der Waals surface area contributed by atoms with Gasteiger partial charge >= 0.3 is 12.4 Å². The van der Waals surface area contributed by atoms with Crippen molar-refractivity contribution in [1.82, 2.24) is 9.88 Å². The molecule has 0 bridgehead atoms. The van der Waals surface area contributed by atoms with Crippen molar-refractivity contribution in [2.24, 2.45) is 5.73 Å². The van der Waals surface area contributed by atoms with E-state index in [1.165, 1.54) is 0 Å². The van der Waals surface area contributed by atoms with E-state index in [-0.39, 0.29) is 41.0 Å². The first kappa shape index (κ1) is 19.5. The first-order valence-corrected chi connectivity index (χ1v) is 8.28. The van der Waals surface area contributed by atoms with Crippen molar-refractivity contribution in [3.63, 3.8) is 0 Å². The molecule has 148 valence electrons. The maximum atomic E-state index is 13.2. The van der Waals surface area contributed by atoms with E-state index in [1.807, 2.05) is 0 Å². The van der Waals surface area contributed by atoms with Gasteiger partial charge in [0.2, 0.25) is 5.91 Å². The van der Waals surface area contributed by atoms with Crippen LogP contribution in [0.5, 0.6) is 0 Å². The third kappa shape index (κ3) is 4.20. The molecule has 3 N–H and O–H groups in total. The molecule has 1 aliphatic rings. The summed E-state index contributed by atoms with van der Waals surface area (Å²) in [5.41, 5.74) is 2.81. The maximum absolute atomic E-state index is 13.2. The van der Waals surface area contributed by atoms with Crippen LogP contribution in [0.4, 0.5) is 26.3 Å². The number of likely N-dealkylation sites (tertiary alicyclic amines) is 1. The Morgan fingerprint density at radius 1 is 1.07 bits per heavy atom. The lowest BCUT2D eigenvalue weighted by atomic mass is 10.0. The number of nitrogens with two attached hydrogens (primary N) is 1. The number of hydrogen-bond donors (Lipinski definition) is 2. The average Bonchev–Trinajstić information content (AvgIpc) is 2.94. The molecule has 10 heteroatoms. The van der Waals surface area contributed by atoms with E-state index in [4.69, 9.17) is 5.73 Å². The molecule has 1 amide bonds. The van der Waals surface area contributed by atoms with E-state index in [1.54, 1.807) is 4.90 Å². The van der Waals surface area contributed by atoms with Crippen LogP contribution in [0.1, 0.15) is 29.7 Å². The molecular weight excluding hydrogens is 376 g/mol. The molecule has 0 aliphatic carbocycles. The summed E-state index contributed by atoms with van der Waals surface area (Å²) in [6.45, 7) is 0.901. The number of rotatable bonds is 2. The number of carbonyl (C=O) groups is 1. The number of piperidine rings is 1. The molecule has 2 aromatic rings. The lowest BCUT2D eigenvalue weighted by Gasteiger charge is -2.30. The summed E-state index contributed by atoms with van der Waals surface area (Å²) < 4.78 is 78.4. The second kappa shape index (κ2) is 6.74. The monoisotopic (exact) mass is 393 g/mol. The second-order valence-electron chi connectivity index (χ2n) is 6.67. The highest BCUT2D eigenvalue weighted by molar-refractivity contribution is 5.87. The van der Waals surface area contributed by atoms with Crippen molar-refractivity contribution >= 4 is 16.8 Å². The van der Waals surface area contributed by atoms with Crippen molar-refractivity contribution in [2.75, 3.05) is 13.1 Å². The van der Waals surface area contributed by atoms with Crippen molar-refractivity contribution < 1.29 is 31.1 Å². The number of halogens is 6. The van der Waals surface area contributed by atoms with Crippen LogP contribution in [0.15, 0.2) is 18.2 Å². The van der Waals surface area contributed by atoms with Crippen LogP contribution >= 0.6 is 0 Å². The molecule has 2 heterocycles. The van der Waals surface area contributed by atoms with Crippen molar-refractivity contribution in [3.8, 4) is 0 Å². The predicted molar refractivity (Wildman–Crippen MR) is 85.8 cm³/mol. The SMILES string of the molecule is NC1CCN(C(=O)Cc2cc3c(C(F)(F)F)cc(C(F)(F)F)cc3[nH]2)CC1. The number of fused-ring (bicyclic) bond motifs is 1. The van der Waals surface area contributed by atoms with Gasteiger partial charge in [0.25, 0.3) is 0 Å². The van der Waals surface area contributed by atoms with Gasteiger partial charge in [0.05, 0.1) is 17.5 Å². The summed E-state index contributed by atoms with van der Waals surface area (Å²) in [4.78, 5) is 16.4. The Balaban J connectivity index is 1.93. The Morgan fingerprint density at radius 3 is 2.26 bits per heavy atom. The third-order valence-corrected chi connectivity index (χ3v) is 4.66. The number of carbonyl (C=O) groups excluding carboxylic acids is 1. The van der Waals surface area contributed by atoms with Gasteiger partial charge in [-0.3, -0.25) is 4.79 Å². The molecule has 0 radical (unpaired) electrons. The summed E-state index contributed by atoms with van der Waals surface area (Å²) in [5.74, 6) is -0.307. The van der Waals surface area contributed by atoms with E-state index in [2.05, 4.69) is 4.98 Å². The summed E-state index contributed by atoms with van der Waals surface area (Å²) in [6.07, 6.45) is -8.83. The molecule has 0 spiro atoms. The standard InChI is InChI=1S/C17H17F6N3O/c18-16(19,20)9-5-13(17(21,22)23)12-7-11(25-14(12)6-9)8-15(27)26-3-1-10(24)2-4-26/h5-7,10,25H,1-4,8,24H2. The number of alkyl halides is 6. The molecule has 0 atom stereocenters. The van der Waals surface area contributed by atoms with Gasteiger partial charge in [-0.15, -0.1) is 0 Å². The lowest BCUT2D eigenvalue weighted by Crippen LogP contribution is -2.43. The highest BCUT2D eigenvalue weighted by atomic mass is 19.4. The highest BCUT2D eigenvalue weighted by Crippen LogP contribution is 2.40. The number of nitrogens with one attached hydrogen (secondary N) is 1. The molecule has 0 unspecified atom stereocenters. The number of nitrogens with zero attached hydrogens (tertiary/aromatic N) is 1. The first-order valence-electron chi connectivity index (χ1n) is 8.28. The van der Waals surface area contributed by atoms with Crippen LogP contribution in [0.3, 0.4) is 0 Å². The molecule has 1 fully saturated rings. The van der Waals surface area contributed by atoms with E-state index in [0.717, 1.165) is 6.07 Å². The largest absolute Gasteiger partial charge is 0.417 e. The van der Waals surface area contributed by atoms with E-state index in [0.29, 0.717) is 32.0 Å². The predicted octanol–water partition coefficient (Wildman–Crippen LogP) is 3.70. The zero-order valence-corrected chi connectivity index (χ0v) is 14.0. The summed E-state index contributed by atoms with van der Waals surface area (Å²) in [5, 5.41) is -0.390. The topological polar surface area (TPSA) is 62.1 Å². The van der Waals surface area contributed by atoms with E-state index in [9.17, 15) is 31.1 Å². The molecule has 1 aliphatic heterocycles. The van der Waals surface area contributed by atoms with Gasteiger partial charge in [-0.1, -0.05) is 0 Å². The summed E-state index contributed by atoms with van der Waals surface area (Å²) >= 11 is 0. The Bertz CT molecular complexity index is 847. The molecule has 1 aromatic carbocycles.